The molecule has 2 aromatic heterocycles. The Morgan fingerprint density at radius 1 is 0.972 bits per heavy atom. The van der Waals surface area contributed by atoms with Crippen molar-refractivity contribution in [1.29, 1.82) is 0 Å². The normalized spacial score (nSPS) is 15.9. The molecule has 1 aliphatic heterocycles. The number of fused-ring (bicyclic) bond motifs is 3. The molecule has 0 atom stereocenters. The Morgan fingerprint density at radius 3 is 2.47 bits per heavy atom. The van der Waals surface area contributed by atoms with Crippen molar-refractivity contribution in [1.82, 2.24) is 9.88 Å². The first-order chi connectivity index (χ1) is 17.6. The summed E-state index contributed by atoms with van der Waals surface area (Å²) in [6, 6.07) is 17.9. The fraction of sp³-hybridized carbons (Fsp3) is 0.172. The van der Waals surface area contributed by atoms with Crippen LogP contribution in [0.25, 0.3) is 22.6 Å². The van der Waals surface area contributed by atoms with E-state index in [1.807, 2.05) is 42.5 Å². The highest BCUT2D eigenvalue weighted by molar-refractivity contribution is 6.21. The monoisotopic (exact) mass is 478 g/mol. The summed E-state index contributed by atoms with van der Waals surface area (Å²) in [5.74, 6) is -0.490. The average Bonchev–Trinajstić information content (AvgIpc) is 3.50. The number of ether oxygens (including phenoxy) is 1. The number of amides is 2. The van der Waals surface area contributed by atoms with Gasteiger partial charge in [-0.15, -0.1) is 0 Å². The van der Waals surface area contributed by atoms with Gasteiger partial charge in [-0.05, 0) is 66.8 Å². The van der Waals surface area contributed by atoms with E-state index >= 15 is 0 Å². The van der Waals surface area contributed by atoms with Crippen LogP contribution < -0.4 is 0 Å². The van der Waals surface area contributed by atoms with E-state index in [0.717, 1.165) is 45.7 Å². The van der Waals surface area contributed by atoms with E-state index in [4.69, 9.17) is 14.1 Å². The summed E-state index contributed by atoms with van der Waals surface area (Å²) < 4.78 is 11.2. The lowest BCUT2D eigenvalue weighted by Gasteiger charge is -2.22. The number of nitrogens with zero attached hydrogens (tertiary/aromatic N) is 2. The standard InChI is InChI=1S/C29H22N2O5/c32-27-20-9-1-2-10-21(20)28(33)31(27)14-16-36-29(34)25-22-11-3-4-13-24(22)30-26-18(7-5-12-23(25)26)17-19-8-6-15-35-19/h1-4,6,8-11,13,15,17H,5,7,12,14,16H2/b18-17+. The highest BCUT2D eigenvalue weighted by Gasteiger charge is 2.35. The van der Waals surface area contributed by atoms with E-state index in [1.165, 1.54) is 0 Å². The third-order valence-corrected chi connectivity index (χ3v) is 6.66. The van der Waals surface area contributed by atoms with Crippen LogP contribution in [0.2, 0.25) is 0 Å². The zero-order valence-corrected chi connectivity index (χ0v) is 19.4. The van der Waals surface area contributed by atoms with Crippen molar-refractivity contribution in [3.05, 3.63) is 101 Å². The number of hydrogen-bond donors (Lipinski definition) is 0. The van der Waals surface area contributed by atoms with Crippen LogP contribution in [0.1, 0.15) is 60.9 Å². The number of furan rings is 1. The Labute approximate surface area is 207 Å². The molecule has 2 aromatic carbocycles. The number of carbonyl (C=O) groups is 3. The van der Waals surface area contributed by atoms with Crippen molar-refractivity contribution in [3.8, 4) is 0 Å². The van der Waals surface area contributed by atoms with Gasteiger partial charge in [0.2, 0.25) is 0 Å². The molecule has 0 spiro atoms. The van der Waals surface area contributed by atoms with Gasteiger partial charge < -0.3 is 9.15 Å². The number of esters is 1. The van der Waals surface area contributed by atoms with Crippen LogP contribution in [0.5, 0.6) is 0 Å². The van der Waals surface area contributed by atoms with Crippen LogP contribution in [0.4, 0.5) is 0 Å². The molecule has 2 amide bonds. The zero-order chi connectivity index (χ0) is 24.6. The van der Waals surface area contributed by atoms with Crippen LogP contribution in [-0.4, -0.2) is 40.8 Å². The zero-order valence-electron chi connectivity index (χ0n) is 19.4. The molecule has 4 aromatic rings. The first kappa shape index (κ1) is 22.0. The molecule has 6 rings (SSSR count). The maximum Gasteiger partial charge on any atom is 0.339 e. The highest BCUT2D eigenvalue weighted by Crippen LogP contribution is 2.36. The third kappa shape index (κ3) is 3.69. The fourth-order valence-corrected chi connectivity index (χ4v) is 5.00. The molecule has 0 N–H and O–H groups in total. The predicted molar refractivity (Wildman–Crippen MR) is 133 cm³/mol. The van der Waals surface area contributed by atoms with Gasteiger partial charge in [0.15, 0.2) is 0 Å². The largest absolute Gasteiger partial charge is 0.465 e. The van der Waals surface area contributed by atoms with Gasteiger partial charge in [0, 0.05) is 5.39 Å². The molecule has 0 saturated heterocycles. The lowest BCUT2D eigenvalue weighted by Crippen LogP contribution is -2.33. The minimum Gasteiger partial charge on any atom is -0.465 e. The molecule has 0 fully saturated rings. The van der Waals surface area contributed by atoms with Gasteiger partial charge in [-0.3, -0.25) is 14.5 Å². The Balaban J connectivity index is 1.29. The number of carbonyl (C=O) groups excluding carboxylic acids is 3. The van der Waals surface area contributed by atoms with E-state index in [0.29, 0.717) is 28.6 Å². The molecular weight excluding hydrogens is 456 g/mol. The molecule has 178 valence electrons. The molecule has 7 nitrogen and oxygen atoms in total. The smallest absolute Gasteiger partial charge is 0.339 e. The van der Waals surface area contributed by atoms with Crippen molar-refractivity contribution < 1.29 is 23.5 Å². The van der Waals surface area contributed by atoms with Gasteiger partial charge in [-0.2, -0.15) is 0 Å². The summed E-state index contributed by atoms with van der Waals surface area (Å²) in [5, 5.41) is 0.723. The van der Waals surface area contributed by atoms with E-state index in [-0.39, 0.29) is 25.0 Å². The molecular formula is C29H22N2O5. The summed E-state index contributed by atoms with van der Waals surface area (Å²) in [6.45, 7) is -0.0994. The van der Waals surface area contributed by atoms with Gasteiger partial charge in [-0.25, -0.2) is 9.78 Å². The number of rotatable bonds is 5. The second kappa shape index (κ2) is 8.92. The Hall–Kier alpha value is -4.52. The van der Waals surface area contributed by atoms with Gasteiger partial charge >= 0.3 is 5.97 Å². The summed E-state index contributed by atoms with van der Waals surface area (Å²) >= 11 is 0. The number of pyridine rings is 1. The number of hydrogen-bond acceptors (Lipinski definition) is 6. The Bertz CT molecular complexity index is 1520. The van der Waals surface area contributed by atoms with E-state index < -0.39 is 5.97 Å². The molecule has 0 saturated carbocycles. The molecule has 0 bridgehead atoms. The second-order valence-corrected chi connectivity index (χ2v) is 8.81. The minimum atomic E-state index is -0.485. The molecule has 0 unspecified atom stereocenters. The topological polar surface area (TPSA) is 89.7 Å². The summed E-state index contributed by atoms with van der Waals surface area (Å²) in [5.41, 5.74) is 4.58. The average molecular weight is 479 g/mol. The van der Waals surface area contributed by atoms with Crippen LogP contribution in [-0.2, 0) is 11.2 Å². The van der Waals surface area contributed by atoms with Crippen LogP contribution in [0.15, 0.2) is 71.3 Å². The first-order valence-electron chi connectivity index (χ1n) is 11.9. The molecule has 36 heavy (non-hydrogen) atoms. The second-order valence-electron chi connectivity index (χ2n) is 8.81. The number of imide groups is 1. The fourth-order valence-electron chi connectivity index (χ4n) is 5.00. The molecule has 7 heteroatoms. The van der Waals surface area contributed by atoms with Gasteiger partial charge in [-0.1, -0.05) is 30.3 Å². The lowest BCUT2D eigenvalue weighted by atomic mass is 9.86. The number of allylic oxidation sites excluding steroid dienone is 1. The van der Waals surface area contributed by atoms with Gasteiger partial charge in [0.1, 0.15) is 12.4 Å². The maximum absolute atomic E-state index is 13.4. The number of aromatic nitrogens is 1. The maximum atomic E-state index is 13.4. The highest BCUT2D eigenvalue weighted by atomic mass is 16.5. The molecule has 1 aliphatic carbocycles. The molecule has 3 heterocycles. The van der Waals surface area contributed by atoms with Crippen molar-refractivity contribution in [2.75, 3.05) is 13.2 Å². The van der Waals surface area contributed by atoms with E-state index in [1.54, 1.807) is 30.5 Å². The summed E-state index contributed by atoms with van der Waals surface area (Å²) in [4.78, 5) is 44.7. The van der Waals surface area contributed by atoms with E-state index in [2.05, 4.69) is 0 Å². The predicted octanol–water partition coefficient (Wildman–Crippen LogP) is 5.16. The number of benzene rings is 2. The third-order valence-electron chi connectivity index (χ3n) is 6.66. The SMILES string of the molecule is O=C(OCCN1C(=O)c2ccccc2C1=O)c1c2c(nc3ccccc13)/C(=C/c1ccco1)CCC2. The van der Waals surface area contributed by atoms with Gasteiger partial charge in [0.25, 0.3) is 11.8 Å². The van der Waals surface area contributed by atoms with Crippen molar-refractivity contribution >= 4 is 40.3 Å². The Morgan fingerprint density at radius 2 is 1.72 bits per heavy atom. The van der Waals surface area contributed by atoms with Crippen molar-refractivity contribution in [3.63, 3.8) is 0 Å². The van der Waals surface area contributed by atoms with Crippen LogP contribution in [0.3, 0.4) is 0 Å². The van der Waals surface area contributed by atoms with Crippen molar-refractivity contribution in [2.24, 2.45) is 0 Å². The lowest BCUT2D eigenvalue weighted by molar-refractivity contribution is 0.0421. The van der Waals surface area contributed by atoms with Crippen molar-refractivity contribution in [2.45, 2.75) is 19.3 Å². The van der Waals surface area contributed by atoms with E-state index in [9.17, 15) is 14.4 Å². The molecule has 2 aliphatic rings. The number of para-hydroxylation sites is 1. The Kier molecular flexibility index (Phi) is 5.45. The van der Waals surface area contributed by atoms with Crippen LogP contribution >= 0.6 is 0 Å². The summed E-state index contributed by atoms with van der Waals surface area (Å²) in [6.07, 6.45) is 5.99. The quantitative estimate of drug-likeness (QED) is 0.291. The first-order valence-corrected chi connectivity index (χ1v) is 11.9. The van der Waals surface area contributed by atoms with Gasteiger partial charge in [0.05, 0.1) is 40.7 Å². The van der Waals surface area contributed by atoms with Crippen LogP contribution in [0, 0.1) is 0 Å². The minimum absolute atomic E-state index is 0.00700. The molecule has 0 radical (unpaired) electrons. The summed E-state index contributed by atoms with van der Waals surface area (Å²) in [7, 11) is 0.